The zero-order chi connectivity index (χ0) is 18.6. The van der Waals surface area contributed by atoms with Gasteiger partial charge in [-0.25, -0.2) is 0 Å². The van der Waals surface area contributed by atoms with Crippen LogP contribution in [0.25, 0.3) is 0 Å². The zero-order valence-electron chi connectivity index (χ0n) is 15.6. The number of hydrogen-bond donors (Lipinski definition) is 0. The fourth-order valence-electron chi connectivity index (χ4n) is 3.12. The molecule has 0 radical (unpaired) electrons. The normalized spacial score (nSPS) is 14.4. The lowest BCUT2D eigenvalue weighted by atomic mass is 9.79. The van der Waals surface area contributed by atoms with E-state index in [0.29, 0.717) is 6.61 Å². The third-order valence-corrected chi connectivity index (χ3v) is 4.69. The summed E-state index contributed by atoms with van der Waals surface area (Å²) in [7, 11) is 0. The first kappa shape index (κ1) is 18.1. The van der Waals surface area contributed by atoms with Crippen LogP contribution in [0.4, 0.5) is 0 Å². The number of ether oxygens (including phenoxy) is 2. The predicted molar refractivity (Wildman–Crippen MR) is 102 cm³/mol. The van der Waals surface area contributed by atoms with Crippen molar-refractivity contribution in [1.29, 1.82) is 0 Å². The van der Waals surface area contributed by atoms with Crippen molar-refractivity contribution in [2.45, 2.75) is 39.0 Å². The Balaban J connectivity index is 1.88. The first-order valence-corrected chi connectivity index (χ1v) is 9.02. The van der Waals surface area contributed by atoms with Crippen molar-refractivity contribution in [3.8, 4) is 17.6 Å². The highest BCUT2D eigenvalue weighted by Gasteiger charge is 2.28. The molecule has 3 rings (SSSR count). The van der Waals surface area contributed by atoms with Crippen molar-refractivity contribution >= 4 is 5.97 Å². The first-order chi connectivity index (χ1) is 12.5. The van der Waals surface area contributed by atoms with Gasteiger partial charge in [0.05, 0.1) is 19.6 Å². The third-order valence-electron chi connectivity index (χ3n) is 4.69. The van der Waals surface area contributed by atoms with E-state index in [4.69, 9.17) is 9.47 Å². The predicted octanol–water partition coefficient (Wildman–Crippen LogP) is 4.25. The van der Waals surface area contributed by atoms with Crippen molar-refractivity contribution in [3.05, 3.63) is 64.7 Å². The molecule has 0 atom stereocenters. The number of hydrogen-bond acceptors (Lipinski definition) is 3. The van der Waals surface area contributed by atoms with Gasteiger partial charge in [-0.1, -0.05) is 43.9 Å². The molecular formula is C23H24O3. The molecule has 3 nitrogen and oxygen atoms in total. The Morgan fingerprint density at radius 1 is 1.19 bits per heavy atom. The van der Waals surface area contributed by atoms with Crippen LogP contribution in [0.2, 0.25) is 0 Å². The highest BCUT2D eigenvalue weighted by molar-refractivity contribution is 5.73. The standard InChI is InChI=1S/C23H24O3/c1-4-25-22(24)16-19-8-6-5-7-18(19)11-9-17-10-12-21-20(15-17)23(2,3)13-14-26-21/h5-8,10,12,15H,4,13-14,16H2,1-3H3. The number of benzene rings is 2. The lowest BCUT2D eigenvalue weighted by Crippen LogP contribution is -2.26. The van der Waals surface area contributed by atoms with Crippen molar-refractivity contribution in [1.82, 2.24) is 0 Å². The molecule has 0 amide bonds. The average molecular weight is 348 g/mol. The molecule has 0 spiro atoms. The van der Waals surface area contributed by atoms with Gasteiger partial charge >= 0.3 is 5.97 Å². The van der Waals surface area contributed by atoms with E-state index in [1.54, 1.807) is 0 Å². The Morgan fingerprint density at radius 3 is 2.81 bits per heavy atom. The Labute approximate surface area is 155 Å². The second-order valence-corrected chi connectivity index (χ2v) is 7.08. The molecular weight excluding hydrogens is 324 g/mol. The summed E-state index contributed by atoms with van der Waals surface area (Å²) in [5.74, 6) is 7.18. The molecule has 0 unspecified atom stereocenters. The molecule has 134 valence electrons. The number of esters is 1. The molecule has 2 aromatic rings. The van der Waals surface area contributed by atoms with Crippen LogP contribution in [-0.4, -0.2) is 19.2 Å². The van der Waals surface area contributed by atoms with E-state index in [0.717, 1.165) is 35.5 Å². The number of rotatable bonds is 3. The maximum absolute atomic E-state index is 11.8. The fourth-order valence-corrected chi connectivity index (χ4v) is 3.12. The Hall–Kier alpha value is -2.73. The van der Waals surface area contributed by atoms with Crippen LogP contribution in [0.5, 0.6) is 5.75 Å². The summed E-state index contributed by atoms with van der Waals surface area (Å²) in [5.41, 5.74) is 3.99. The summed E-state index contributed by atoms with van der Waals surface area (Å²) in [5, 5.41) is 0. The molecule has 1 aliphatic rings. The van der Waals surface area contributed by atoms with Crippen LogP contribution < -0.4 is 4.74 Å². The van der Waals surface area contributed by atoms with E-state index in [9.17, 15) is 4.79 Å². The SMILES string of the molecule is CCOC(=O)Cc1ccccc1C#Cc1ccc2c(c1)C(C)(C)CCO2. The molecule has 0 fully saturated rings. The minimum absolute atomic E-state index is 0.0904. The quantitative estimate of drug-likeness (QED) is 0.614. The molecule has 0 saturated carbocycles. The van der Waals surface area contributed by atoms with Crippen LogP contribution in [-0.2, 0) is 21.4 Å². The van der Waals surface area contributed by atoms with E-state index in [1.165, 1.54) is 5.56 Å². The molecule has 2 aromatic carbocycles. The zero-order valence-corrected chi connectivity index (χ0v) is 15.6. The van der Waals surface area contributed by atoms with Crippen LogP contribution in [0.3, 0.4) is 0 Å². The van der Waals surface area contributed by atoms with Crippen LogP contribution >= 0.6 is 0 Å². The maximum atomic E-state index is 11.8. The van der Waals surface area contributed by atoms with Crippen LogP contribution in [0.15, 0.2) is 42.5 Å². The van der Waals surface area contributed by atoms with E-state index in [2.05, 4.69) is 31.8 Å². The molecule has 0 bridgehead atoms. The van der Waals surface area contributed by atoms with Crippen molar-refractivity contribution in [2.75, 3.05) is 13.2 Å². The molecule has 1 heterocycles. The van der Waals surface area contributed by atoms with Crippen molar-refractivity contribution < 1.29 is 14.3 Å². The van der Waals surface area contributed by atoms with Gasteiger partial charge < -0.3 is 9.47 Å². The third kappa shape index (κ3) is 4.08. The van der Waals surface area contributed by atoms with Crippen LogP contribution in [0, 0.1) is 11.8 Å². The van der Waals surface area contributed by atoms with Gasteiger partial charge in [0.25, 0.3) is 0 Å². The lowest BCUT2D eigenvalue weighted by molar-refractivity contribution is -0.142. The van der Waals surface area contributed by atoms with Gasteiger partial charge in [0.1, 0.15) is 5.75 Å². The minimum atomic E-state index is -0.227. The van der Waals surface area contributed by atoms with Gasteiger partial charge in [-0.2, -0.15) is 0 Å². The summed E-state index contributed by atoms with van der Waals surface area (Å²) in [6.07, 6.45) is 1.24. The topological polar surface area (TPSA) is 35.5 Å². The molecule has 0 aromatic heterocycles. The van der Waals surface area contributed by atoms with Crippen LogP contribution in [0.1, 0.15) is 49.4 Å². The van der Waals surface area contributed by atoms with Gasteiger partial charge in [-0.15, -0.1) is 0 Å². The highest BCUT2D eigenvalue weighted by atomic mass is 16.5. The second-order valence-electron chi connectivity index (χ2n) is 7.08. The van der Waals surface area contributed by atoms with Gasteiger partial charge in [-0.3, -0.25) is 4.79 Å². The highest BCUT2D eigenvalue weighted by Crippen LogP contribution is 2.38. The molecule has 1 aliphatic heterocycles. The molecule has 0 N–H and O–H groups in total. The van der Waals surface area contributed by atoms with Gasteiger partial charge in [0.15, 0.2) is 0 Å². The smallest absolute Gasteiger partial charge is 0.310 e. The summed E-state index contributed by atoms with van der Waals surface area (Å²) < 4.78 is 10.8. The molecule has 0 saturated heterocycles. The van der Waals surface area contributed by atoms with Crippen molar-refractivity contribution in [2.24, 2.45) is 0 Å². The molecule has 26 heavy (non-hydrogen) atoms. The lowest BCUT2D eigenvalue weighted by Gasteiger charge is -2.32. The van der Waals surface area contributed by atoms with Gasteiger partial charge in [0, 0.05) is 16.7 Å². The summed E-state index contributed by atoms with van der Waals surface area (Å²) in [6, 6.07) is 13.8. The first-order valence-electron chi connectivity index (χ1n) is 9.02. The maximum Gasteiger partial charge on any atom is 0.310 e. The van der Waals surface area contributed by atoms with E-state index in [1.807, 2.05) is 43.3 Å². The fraction of sp³-hybridized carbons (Fsp3) is 0.348. The summed E-state index contributed by atoms with van der Waals surface area (Å²) in [4.78, 5) is 11.8. The van der Waals surface area contributed by atoms with E-state index in [-0.39, 0.29) is 17.8 Å². The second kappa shape index (κ2) is 7.66. The summed E-state index contributed by atoms with van der Waals surface area (Å²) in [6.45, 7) is 7.43. The van der Waals surface area contributed by atoms with E-state index < -0.39 is 0 Å². The van der Waals surface area contributed by atoms with Gasteiger partial charge in [0.2, 0.25) is 0 Å². The Kier molecular flexibility index (Phi) is 5.32. The molecule has 3 heteroatoms. The number of carbonyl (C=O) groups is 1. The average Bonchev–Trinajstić information content (AvgIpc) is 2.61. The van der Waals surface area contributed by atoms with Gasteiger partial charge in [-0.05, 0) is 48.6 Å². The van der Waals surface area contributed by atoms with Crippen molar-refractivity contribution in [3.63, 3.8) is 0 Å². The number of fused-ring (bicyclic) bond motifs is 1. The minimum Gasteiger partial charge on any atom is -0.493 e. The Morgan fingerprint density at radius 2 is 2.00 bits per heavy atom. The monoisotopic (exact) mass is 348 g/mol. The molecule has 0 aliphatic carbocycles. The summed E-state index contributed by atoms with van der Waals surface area (Å²) >= 11 is 0. The van der Waals surface area contributed by atoms with E-state index >= 15 is 0 Å². The number of carbonyl (C=O) groups excluding carboxylic acids is 1. The Bertz CT molecular complexity index is 869. The largest absolute Gasteiger partial charge is 0.493 e.